The lowest BCUT2D eigenvalue weighted by Crippen LogP contribution is -2.52. The number of pyridine rings is 1. The molecule has 14 heteroatoms. The van der Waals surface area contributed by atoms with Crippen molar-refractivity contribution in [1.82, 2.24) is 24.7 Å². The van der Waals surface area contributed by atoms with E-state index in [4.69, 9.17) is 9.47 Å². The van der Waals surface area contributed by atoms with Crippen molar-refractivity contribution in [2.24, 2.45) is 5.92 Å². The zero-order valence-electron chi connectivity index (χ0n) is 32.9. The number of hydrogen-bond acceptors (Lipinski definition) is 10. The zero-order valence-corrected chi connectivity index (χ0v) is 32.9. The lowest BCUT2D eigenvalue weighted by molar-refractivity contribution is -0.136. The van der Waals surface area contributed by atoms with E-state index in [1.54, 1.807) is 46.0 Å². The highest BCUT2D eigenvalue weighted by atomic mass is 16.6. The molecule has 2 aromatic heterocycles. The molecule has 0 bridgehead atoms. The van der Waals surface area contributed by atoms with E-state index >= 15 is 0 Å². The Morgan fingerprint density at radius 2 is 1.72 bits per heavy atom. The first kappa shape index (κ1) is 38.1. The number of nitrogens with zero attached hydrogens (tertiary/aromatic N) is 5. The van der Waals surface area contributed by atoms with Crippen LogP contribution in [0.25, 0.3) is 10.9 Å². The first-order valence-corrected chi connectivity index (χ1v) is 19.8. The molecule has 0 spiro atoms. The van der Waals surface area contributed by atoms with Crippen molar-refractivity contribution >= 4 is 52.1 Å². The van der Waals surface area contributed by atoms with E-state index in [2.05, 4.69) is 32.5 Å². The van der Waals surface area contributed by atoms with Crippen LogP contribution in [0, 0.1) is 5.92 Å². The van der Waals surface area contributed by atoms with Crippen LogP contribution >= 0.6 is 0 Å². The molecular weight excluding hydrogens is 727 g/mol. The summed E-state index contributed by atoms with van der Waals surface area (Å²) in [5.41, 5.74) is 3.80. The minimum Gasteiger partial charge on any atom is -0.493 e. The minimum absolute atomic E-state index is 0.0707. The van der Waals surface area contributed by atoms with Gasteiger partial charge in [-0.25, -0.2) is 14.3 Å². The van der Waals surface area contributed by atoms with Crippen LogP contribution < -0.4 is 20.3 Å². The molecule has 2 atom stereocenters. The number of likely N-dealkylation sites (tertiary alicyclic amines) is 1. The van der Waals surface area contributed by atoms with Crippen LogP contribution in [0.2, 0.25) is 0 Å². The summed E-state index contributed by atoms with van der Waals surface area (Å²) in [6, 6.07) is 15.9. The fraction of sp³-hybridized carbons (Fsp3) is 0.442. The van der Waals surface area contributed by atoms with E-state index in [0.717, 1.165) is 67.6 Å². The van der Waals surface area contributed by atoms with Gasteiger partial charge in [0.2, 0.25) is 11.8 Å². The topological polar surface area (TPSA) is 155 Å². The monoisotopic (exact) mass is 775 g/mol. The fourth-order valence-corrected chi connectivity index (χ4v) is 8.54. The van der Waals surface area contributed by atoms with Crippen molar-refractivity contribution in [3.05, 3.63) is 83.2 Å². The molecule has 1 unspecified atom stereocenters. The molecule has 2 N–H and O–H groups in total. The summed E-state index contributed by atoms with van der Waals surface area (Å²) in [6.07, 6.45) is 5.56. The van der Waals surface area contributed by atoms with Gasteiger partial charge in [0.25, 0.3) is 11.8 Å². The number of ether oxygens (including phenoxy) is 2. The summed E-state index contributed by atoms with van der Waals surface area (Å²) in [6.45, 7) is 8.96. The van der Waals surface area contributed by atoms with E-state index in [1.165, 1.54) is 0 Å². The Balaban J connectivity index is 0.866. The molecule has 4 aliphatic heterocycles. The zero-order chi connectivity index (χ0) is 40.0. The third kappa shape index (κ3) is 7.82. The number of anilines is 2. The molecule has 4 amide bonds. The number of piperidine rings is 2. The largest absolute Gasteiger partial charge is 0.493 e. The predicted molar refractivity (Wildman–Crippen MR) is 213 cm³/mol. The van der Waals surface area contributed by atoms with Gasteiger partial charge in [-0.1, -0.05) is 6.07 Å². The highest BCUT2D eigenvalue weighted by molar-refractivity contribution is 6.06. The molecule has 6 heterocycles. The van der Waals surface area contributed by atoms with E-state index < -0.39 is 23.6 Å². The molecule has 14 nitrogen and oxygen atoms in total. The maximum atomic E-state index is 13.5. The fourth-order valence-electron chi connectivity index (χ4n) is 8.54. The third-order valence-corrected chi connectivity index (χ3v) is 11.5. The van der Waals surface area contributed by atoms with Crippen molar-refractivity contribution in [2.75, 3.05) is 43.5 Å². The summed E-state index contributed by atoms with van der Waals surface area (Å²) in [4.78, 5) is 75.0. The molecule has 57 heavy (non-hydrogen) atoms. The first-order chi connectivity index (χ1) is 27.3. The lowest BCUT2D eigenvalue weighted by Gasteiger charge is -2.35. The van der Waals surface area contributed by atoms with Gasteiger partial charge in [0, 0.05) is 71.8 Å². The summed E-state index contributed by atoms with van der Waals surface area (Å²) in [7, 11) is 2.06. The van der Waals surface area contributed by atoms with Crippen LogP contribution in [0.5, 0.6) is 5.75 Å². The van der Waals surface area contributed by atoms with E-state index in [-0.39, 0.29) is 30.2 Å². The SMILES string of the molecule is CN1CCC[C@@H]1c1cc2cnc(NC(=O)c3ccc(OCC4CCN(c5cccc6c5CN(C5CCC(=O)NC5=O)C6=O)CC4)cc3)cc2n1C(=O)OC(C)(C)C. The Morgan fingerprint density at radius 3 is 2.42 bits per heavy atom. The molecule has 3 saturated heterocycles. The Morgan fingerprint density at radius 1 is 0.947 bits per heavy atom. The number of amides is 4. The maximum absolute atomic E-state index is 13.5. The predicted octanol–water partition coefficient (Wildman–Crippen LogP) is 5.89. The molecule has 4 aromatic rings. The standard InChI is InChI=1S/C43H49N7O7/c1-43(2,3)57-42(55)50-35-22-37(44-23-28(35)21-36(50)33-9-6-18-47(33)4)45-39(52)27-10-12-29(13-11-27)56-25-26-16-19-48(20-17-26)32-8-5-7-30-31(32)24-49(41(30)54)34-14-15-38(51)46-40(34)53/h5,7-8,10-13,21-23,26,33-34H,6,9,14-20,24-25H2,1-4H3,(H,44,45,52)(H,46,51,53)/t33-,34?/m1/s1. The summed E-state index contributed by atoms with van der Waals surface area (Å²) < 4.78 is 13.6. The molecular formula is C43H49N7O7. The highest BCUT2D eigenvalue weighted by Gasteiger charge is 2.40. The van der Waals surface area contributed by atoms with Crippen LogP contribution in [0.3, 0.4) is 0 Å². The average molecular weight is 776 g/mol. The van der Waals surface area contributed by atoms with Crippen molar-refractivity contribution in [2.45, 2.75) is 83.5 Å². The number of rotatable bonds is 8. The van der Waals surface area contributed by atoms with Crippen LogP contribution in [-0.2, 0) is 20.9 Å². The van der Waals surface area contributed by atoms with Crippen molar-refractivity contribution in [3.8, 4) is 5.75 Å². The van der Waals surface area contributed by atoms with Crippen LogP contribution in [0.4, 0.5) is 16.3 Å². The second-order valence-electron chi connectivity index (χ2n) is 16.6. The van der Waals surface area contributed by atoms with Crippen molar-refractivity contribution < 1.29 is 33.4 Å². The number of hydrogen-bond donors (Lipinski definition) is 2. The van der Waals surface area contributed by atoms with E-state index in [9.17, 15) is 24.0 Å². The first-order valence-electron chi connectivity index (χ1n) is 19.8. The van der Waals surface area contributed by atoms with Crippen LogP contribution in [0.1, 0.15) is 97.3 Å². The number of nitrogens with one attached hydrogen (secondary N) is 2. The van der Waals surface area contributed by atoms with E-state index in [1.807, 2.05) is 45.0 Å². The van der Waals surface area contributed by atoms with Gasteiger partial charge in [-0.3, -0.25) is 29.4 Å². The molecule has 0 radical (unpaired) electrons. The number of imide groups is 1. The van der Waals surface area contributed by atoms with Gasteiger partial charge in [0.15, 0.2) is 0 Å². The maximum Gasteiger partial charge on any atom is 0.419 e. The minimum atomic E-state index is -0.677. The number of carbonyl (C=O) groups excluding carboxylic acids is 5. The highest BCUT2D eigenvalue weighted by Crippen LogP contribution is 2.37. The molecule has 298 valence electrons. The normalized spacial score (nSPS) is 20.5. The van der Waals surface area contributed by atoms with Crippen LogP contribution in [0.15, 0.2) is 60.8 Å². The Kier molecular flexibility index (Phi) is 10.2. The smallest absolute Gasteiger partial charge is 0.419 e. The molecule has 3 fully saturated rings. The molecule has 2 aromatic carbocycles. The van der Waals surface area contributed by atoms with Crippen LogP contribution in [-0.4, -0.2) is 94.0 Å². The van der Waals surface area contributed by atoms with Gasteiger partial charge < -0.3 is 24.6 Å². The summed E-state index contributed by atoms with van der Waals surface area (Å²) in [5.74, 6) is 0.117. The van der Waals surface area contributed by atoms with Gasteiger partial charge in [-0.15, -0.1) is 0 Å². The molecule has 8 rings (SSSR count). The van der Waals surface area contributed by atoms with Crippen molar-refractivity contribution in [1.29, 1.82) is 0 Å². The molecule has 0 aliphatic carbocycles. The van der Waals surface area contributed by atoms with Gasteiger partial charge in [0.05, 0.1) is 18.2 Å². The third-order valence-electron chi connectivity index (χ3n) is 11.5. The number of benzene rings is 2. The molecule has 4 aliphatic rings. The van der Waals surface area contributed by atoms with Gasteiger partial charge >= 0.3 is 6.09 Å². The number of fused-ring (bicyclic) bond motifs is 2. The summed E-state index contributed by atoms with van der Waals surface area (Å²) in [5, 5.41) is 6.05. The second-order valence-corrected chi connectivity index (χ2v) is 16.6. The lowest BCUT2D eigenvalue weighted by atomic mass is 9.96. The average Bonchev–Trinajstić information content (AvgIpc) is 3.88. The number of carbonyl (C=O) groups is 5. The Bertz CT molecular complexity index is 2240. The number of aromatic nitrogens is 2. The van der Waals surface area contributed by atoms with Gasteiger partial charge in [-0.05, 0) is 115 Å². The second kappa shape index (κ2) is 15.3. The van der Waals surface area contributed by atoms with Gasteiger partial charge in [-0.2, -0.15) is 0 Å². The quantitative estimate of drug-likeness (QED) is 0.207. The van der Waals surface area contributed by atoms with Gasteiger partial charge in [0.1, 0.15) is 23.2 Å². The Hall–Kier alpha value is -5.76. The molecule has 0 saturated carbocycles. The van der Waals surface area contributed by atoms with Crippen molar-refractivity contribution in [3.63, 3.8) is 0 Å². The van der Waals surface area contributed by atoms with E-state index in [0.29, 0.717) is 53.7 Å². The summed E-state index contributed by atoms with van der Waals surface area (Å²) >= 11 is 0. The Labute approximate surface area is 331 Å².